The lowest BCUT2D eigenvalue weighted by Gasteiger charge is -2.05. The Morgan fingerprint density at radius 1 is 1.50 bits per heavy atom. The molecule has 0 aliphatic rings. The highest BCUT2D eigenvalue weighted by Crippen LogP contribution is 2.22. The van der Waals surface area contributed by atoms with Gasteiger partial charge >= 0.3 is 5.69 Å². The Morgan fingerprint density at radius 3 is 2.88 bits per heavy atom. The number of aromatic nitrogens is 1. The van der Waals surface area contributed by atoms with Crippen molar-refractivity contribution in [2.24, 2.45) is 0 Å². The first kappa shape index (κ1) is 12.2. The van der Waals surface area contributed by atoms with Gasteiger partial charge in [0.25, 0.3) is 0 Å². The van der Waals surface area contributed by atoms with Gasteiger partial charge in [-0.15, -0.1) is 0 Å². The van der Waals surface area contributed by atoms with E-state index in [1.165, 1.54) is 12.1 Å². The maximum absolute atomic E-state index is 10.7. The van der Waals surface area contributed by atoms with Gasteiger partial charge in [0.05, 0.1) is 4.92 Å². The average molecular weight is 226 g/mol. The molecule has 0 amide bonds. The van der Waals surface area contributed by atoms with E-state index in [9.17, 15) is 10.1 Å². The Morgan fingerprint density at radius 2 is 2.25 bits per heavy atom. The van der Waals surface area contributed by atoms with E-state index in [1.807, 2.05) is 0 Å². The van der Waals surface area contributed by atoms with Crippen LogP contribution in [0.1, 0.15) is 12.8 Å². The van der Waals surface area contributed by atoms with E-state index >= 15 is 0 Å². The molecular weight excluding hydrogens is 212 g/mol. The molecule has 1 heterocycles. The van der Waals surface area contributed by atoms with Gasteiger partial charge in [0, 0.05) is 19.2 Å². The lowest BCUT2D eigenvalue weighted by Crippen LogP contribution is -2.07. The number of nitrogens with two attached hydrogens (primary N) is 1. The van der Waals surface area contributed by atoms with Crippen LogP contribution in [-0.4, -0.2) is 28.2 Å². The molecule has 0 fully saturated rings. The molecule has 0 aliphatic heterocycles. The maximum Gasteiger partial charge on any atom is 0.311 e. The van der Waals surface area contributed by atoms with Crippen LogP contribution in [0.4, 0.5) is 17.3 Å². The number of hydrogen-bond acceptors (Lipinski definition) is 6. The zero-order valence-electron chi connectivity index (χ0n) is 8.72. The SMILES string of the molecule is Nc1ccc([N+](=O)[O-])c(NCCCCO)n1. The van der Waals surface area contributed by atoms with Crippen molar-refractivity contribution in [3.8, 4) is 0 Å². The minimum Gasteiger partial charge on any atom is -0.396 e. The van der Waals surface area contributed by atoms with Crippen LogP contribution in [0, 0.1) is 10.1 Å². The second kappa shape index (κ2) is 5.86. The molecule has 1 aromatic rings. The summed E-state index contributed by atoms with van der Waals surface area (Å²) in [6.07, 6.45) is 1.35. The van der Waals surface area contributed by atoms with Crippen LogP contribution in [0.3, 0.4) is 0 Å². The molecule has 88 valence electrons. The van der Waals surface area contributed by atoms with E-state index < -0.39 is 4.92 Å². The molecule has 0 unspecified atom stereocenters. The van der Waals surface area contributed by atoms with Crippen LogP contribution in [0.2, 0.25) is 0 Å². The zero-order valence-corrected chi connectivity index (χ0v) is 8.72. The largest absolute Gasteiger partial charge is 0.396 e. The molecule has 0 spiro atoms. The second-order valence-corrected chi connectivity index (χ2v) is 3.22. The van der Waals surface area contributed by atoms with Gasteiger partial charge in [0.15, 0.2) is 0 Å². The monoisotopic (exact) mass is 226 g/mol. The number of rotatable bonds is 6. The third-order valence-electron chi connectivity index (χ3n) is 1.97. The number of nitro groups is 1. The van der Waals surface area contributed by atoms with Crippen LogP contribution in [0.25, 0.3) is 0 Å². The van der Waals surface area contributed by atoms with Crippen molar-refractivity contribution in [2.45, 2.75) is 12.8 Å². The quantitative estimate of drug-likeness (QED) is 0.374. The Labute approximate surface area is 92.4 Å². The van der Waals surface area contributed by atoms with Gasteiger partial charge in [0.1, 0.15) is 5.82 Å². The second-order valence-electron chi connectivity index (χ2n) is 3.22. The topological polar surface area (TPSA) is 114 Å². The van der Waals surface area contributed by atoms with E-state index in [0.29, 0.717) is 19.4 Å². The van der Waals surface area contributed by atoms with E-state index in [2.05, 4.69) is 10.3 Å². The van der Waals surface area contributed by atoms with Gasteiger partial charge in [-0.05, 0) is 18.9 Å². The van der Waals surface area contributed by atoms with Gasteiger partial charge in [-0.25, -0.2) is 4.98 Å². The number of nitrogen functional groups attached to an aromatic ring is 1. The van der Waals surface area contributed by atoms with Crippen molar-refractivity contribution in [2.75, 3.05) is 24.2 Å². The first-order valence-corrected chi connectivity index (χ1v) is 4.91. The third-order valence-corrected chi connectivity index (χ3v) is 1.97. The molecule has 7 nitrogen and oxygen atoms in total. The minimum absolute atomic E-state index is 0.0989. The maximum atomic E-state index is 10.7. The van der Waals surface area contributed by atoms with Gasteiger partial charge in [-0.3, -0.25) is 10.1 Å². The normalized spacial score (nSPS) is 10.1. The number of nitrogens with one attached hydrogen (secondary N) is 1. The van der Waals surface area contributed by atoms with Gasteiger partial charge in [0.2, 0.25) is 5.82 Å². The van der Waals surface area contributed by atoms with Crippen LogP contribution in [-0.2, 0) is 0 Å². The van der Waals surface area contributed by atoms with E-state index in [4.69, 9.17) is 10.8 Å². The fourth-order valence-electron chi connectivity index (χ4n) is 1.19. The number of anilines is 2. The van der Waals surface area contributed by atoms with Crippen LogP contribution >= 0.6 is 0 Å². The van der Waals surface area contributed by atoms with Crippen molar-refractivity contribution in [1.29, 1.82) is 0 Å². The fraction of sp³-hybridized carbons (Fsp3) is 0.444. The summed E-state index contributed by atoms with van der Waals surface area (Å²) in [4.78, 5) is 14.0. The Kier molecular flexibility index (Phi) is 4.46. The summed E-state index contributed by atoms with van der Waals surface area (Å²) in [6.45, 7) is 0.617. The van der Waals surface area contributed by atoms with Crippen molar-refractivity contribution < 1.29 is 10.0 Å². The average Bonchev–Trinajstić information content (AvgIpc) is 2.24. The number of pyridine rings is 1. The van der Waals surface area contributed by atoms with Gasteiger partial charge < -0.3 is 16.2 Å². The molecule has 0 atom stereocenters. The van der Waals surface area contributed by atoms with Crippen LogP contribution in [0.5, 0.6) is 0 Å². The number of nitrogens with zero attached hydrogens (tertiary/aromatic N) is 2. The minimum atomic E-state index is -0.513. The van der Waals surface area contributed by atoms with Crippen LogP contribution < -0.4 is 11.1 Å². The smallest absolute Gasteiger partial charge is 0.311 e. The lowest BCUT2D eigenvalue weighted by atomic mass is 10.3. The predicted octanol–water partition coefficient (Wildman–Crippen LogP) is 0.756. The van der Waals surface area contributed by atoms with Crippen molar-refractivity contribution in [1.82, 2.24) is 4.98 Å². The molecule has 7 heteroatoms. The molecule has 1 rings (SSSR count). The fourth-order valence-corrected chi connectivity index (χ4v) is 1.19. The molecule has 0 radical (unpaired) electrons. The Balaban J connectivity index is 2.68. The summed E-state index contributed by atoms with van der Waals surface area (Å²) in [7, 11) is 0. The standard InChI is InChI=1S/C9H14N4O3/c10-8-4-3-7(13(15)16)9(12-8)11-5-1-2-6-14/h3-4,14H,1-2,5-6H2,(H3,10,11,12). The summed E-state index contributed by atoms with van der Waals surface area (Å²) in [5.41, 5.74) is 5.35. The molecule has 0 aromatic carbocycles. The van der Waals surface area contributed by atoms with E-state index in [0.717, 1.165) is 0 Å². The molecule has 0 saturated heterocycles. The molecule has 0 bridgehead atoms. The van der Waals surface area contributed by atoms with Gasteiger partial charge in [-0.2, -0.15) is 0 Å². The number of hydrogen-bond donors (Lipinski definition) is 3. The van der Waals surface area contributed by atoms with E-state index in [1.54, 1.807) is 0 Å². The zero-order chi connectivity index (χ0) is 12.0. The lowest BCUT2D eigenvalue weighted by molar-refractivity contribution is -0.384. The van der Waals surface area contributed by atoms with Crippen molar-refractivity contribution in [3.63, 3.8) is 0 Å². The van der Waals surface area contributed by atoms with Crippen molar-refractivity contribution in [3.05, 3.63) is 22.2 Å². The first-order valence-electron chi connectivity index (χ1n) is 4.91. The molecular formula is C9H14N4O3. The van der Waals surface area contributed by atoms with Gasteiger partial charge in [-0.1, -0.05) is 0 Å². The summed E-state index contributed by atoms with van der Waals surface area (Å²) < 4.78 is 0. The molecule has 1 aromatic heterocycles. The molecule has 16 heavy (non-hydrogen) atoms. The summed E-state index contributed by atoms with van der Waals surface area (Å²) in [6, 6.07) is 2.70. The first-order chi connectivity index (χ1) is 7.65. The number of aliphatic hydroxyl groups is 1. The number of unbranched alkanes of at least 4 members (excludes halogenated alkanes) is 1. The third kappa shape index (κ3) is 3.35. The highest BCUT2D eigenvalue weighted by Gasteiger charge is 2.14. The number of aliphatic hydroxyl groups excluding tert-OH is 1. The van der Waals surface area contributed by atoms with Crippen molar-refractivity contribution >= 4 is 17.3 Å². The summed E-state index contributed by atoms with van der Waals surface area (Å²) in [5.74, 6) is 0.401. The predicted molar refractivity (Wildman–Crippen MR) is 60.1 cm³/mol. The summed E-state index contributed by atoms with van der Waals surface area (Å²) in [5, 5.41) is 22.1. The highest BCUT2D eigenvalue weighted by atomic mass is 16.6. The highest BCUT2D eigenvalue weighted by molar-refractivity contribution is 5.59. The molecule has 4 N–H and O–H groups in total. The van der Waals surface area contributed by atoms with Crippen LogP contribution in [0.15, 0.2) is 12.1 Å². The summed E-state index contributed by atoms with van der Waals surface area (Å²) >= 11 is 0. The molecule has 0 aliphatic carbocycles. The van der Waals surface area contributed by atoms with E-state index in [-0.39, 0.29) is 23.9 Å². The Bertz CT molecular complexity index is 370. The Hall–Kier alpha value is -1.89. The molecule has 0 saturated carbocycles.